The topological polar surface area (TPSA) is 108 Å². The van der Waals surface area contributed by atoms with E-state index in [2.05, 4.69) is 16.7 Å². The molecule has 0 saturated carbocycles. The fourth-order valence-corrected chi connectivity index (χ4v) is 3.44. The molecule has 2 N–H and O–H groups in total. The molecule has 1 aliphatic rings. The Hall–Kier alpha value is -3.66. The maximum absolute atomic E-state index is 12.6. The predicted molar refractivity (Wildman–Crippen MR) is 110 cm³/mol. The van der Waals surface area contributed by atoms with Crippen molar-refractivity contribution in [1.29, 1.82) is 5.26 Å². The Morgan fingerprint density at radius 3 is 2.63 bits per heavy atom. The molecule has 2 aromatic carbocycles. The summed E-state index contributed by atoms with van der Waals surface area (Å²) < 4.78 is 5.31. The molecule has 154 valence electrons. The van der Waals surface area contributed by atoms with Crippen LogP contribution in [0, 0.1) is 11.3 Å². The minimum absolute atomic E-state index is 0.0834. The Bertz CT molecular complexity index is 979. The first-order chi connectivity index (χ1) is 14.5. The third kappa shape index (κ3) is 5.23. The van der Waals surface area contributed by atoms with Crippen molar-refractivity contribution < 1.29 is 19.1 Å². The molecule has 2 unspecified atom stereocenters. The molecule has 0 radical (unpaired) electrons. The van der Waals surface area contributed by atoms with Crippen molar-refractivity contribution >= 4 is 23.5 Å². The summed E-state index contributed by atoms with van der Waals surface area (Å²) in [5, 5.41) is 14.0. The summed E-state index contributed by atoms with van der Waals surface area (Å²) in [6.45, 7) is 1.54. The number of rotatable bonds is 6. The number of hydrogen-bond donors (Lipinski definition) is 2. The van der Waals surface area contributed by atoms with Crippen molar-refractivity contribution in [2.24, 2.45) is 0 Å². The van der Waals surface area contributed by atoms with Crippen LogP contribution in [-0.2, 0) is 20.7 Å². The van der Waals surface area contributed by atoms with Crippen LogP contribution in [0.5, 0.6) is 0 Å². The van der Waals surface area contributed by atoms with Crippen LogP contribution in [-0.4, -0.2) is 23.9 Å². The van der Waals surface area contributed by atoms with E-state index < -0.39 is 18.0 Å². The van der Waals surface area contributed by atoms with E-state index in [1.807, 2.05) is 18.2 Å². The smallest absolute Gasteiger partial charge is 0.338 e. The van der Waals surface area contributed by atoms with Gasteiger partial charge in [-0.1, -0.05) is 24.3 Å². The average molecular weight is 405 g/mol. The van der Waals surface area contributed by atoms with Crippen molar-refractivity contribution in [3.8, 4) is 6.07 Å². The highest BCUT2D eigenvalue weighted by Crippen LogP contribution is 2.29. The molecule has 0 aliphatic heterocycles. The lowest BCUT2D eigenvalue weighted by molar-refractivity contribution is -0.130. The average Bonchev–Trinajstić information content (AvgIpc) is 2.74. The molecule has 2 atom stereocenters. The fourth-order valence-electron chi connectivity index (χ4n) is 3.44. The van der Waals surface area contributed by atoms with Gasteiger partial charge in [0.1, 0.15) is 6.42 Å². The molecular formula is C23H23N3O4. The van der Waals surface area contributed by atoms with Gasteiger partial charge in [-0.2, -0.15) is 5.26 Å². The standard InChI is InChI=1S/C23H23N3O4/c1-15(22(28)26-20-8-4-6-16-5-2-3-7-19(16)20)30-23(29)17-9-11-18(12-10-17)25-21(27)13-14-24/h2-3,5,7,9-12,15,20H,4,6,8,13H2,1H3,(H,25,27)(H,26,28). The molecule has 0 fully saturated rings. The minimum atomic E-state index is -0.943. The molecule has 1 aliphatic carbocycles. The molecule has 30 heavy (non-hydrogen) atoms. The van der Waals surface area contributed by atoms with Crippen LogP contribution in [0.4, 0.5) is 5.69 Å². The zero-order valence-electron chi connectivity index (χ0n) is 16.7. The van der Waals surface area contributed by atoms with Gasteiger partial charge in [0.25, 0.3) is 5.91 Å². The van der Waals surface area contributed by atoms with Crippen LogP contribution in [0.2, 0.25) is 0 Å². The number of benzene rings is 2. The van der Waals surface area contributed by atoms with E-state index in [0.717, 1.165) is 24.8 Å². The quantitative estimate of drug-likeness (QED) is 0.717. The van der Waals surface area contributed by atoms with E-state index >= 15 is 0 Å². The number of hydrogen-bond acceptors (Lipinski definition) is 5. The van der Waals surface area contributed by atoms with Gasteiger partial charge in [-0.15, -0.1) is 0 Å². The number of amides is 2. The van der Waals surface area contributed by atoms with Gasteiger partial charge in [0.15, 0.2) is 6.10 Å². The molecule has 0 heterocycles. The summed E-state index contributed by atoms with van der Waals surface area (Å²) in [5.74, 6) is -1.40. The second-order valence-electron chi connectivity index (χ2n) is 7.16. The fraction of sp³-hybridized carbons (Fsp3) is 0.304. The lowest BCUT2D eigenvalue weighted by Crippen LogP contribution is -2.39. The number of aryl methyl sites for hydroxylation is 1. The van der Waals surface area contributed by atoms with E-state index in [1.165, 1.54) is 29.8 Å². The van der Waals surface area contributed by atoms with Crippen molar-refractivity contribution in [3.05, 3.63) is 65.2 Å². The molecule has 0 bridgehead atoms. The van der Waals surface area contributed by atoms with Gasteiger partial charge in [0.05, 0.1) is 17.7 Å². The zero-order chi connectivity index (χ0) is 21.5. The van der Waals surface area contributed by atoms with E-state index in [-0.39, 0.29) is 23.9 Å². The van der Waals surface area contributed by atoms with E-state index in [9.17, 15) is 14.4 Å². The van der Waals surface area contributed by atoms with Gasteiger partial charge < -0.3 is 15.4 Å². The van der Waals surface area contributed by atoms with E-state index in [0.29, 0.717) is 5.69 Å². The highest BCUT2D eigenvalue weighted by molar-refractivity contribution is 5.94. The number of nitrogens with zero attached hydrogens (tertiary/aromatic N) is 1. The number of fused-ring (bicyclic) bond motifs is 1. The van der Waals surface area contributed by atoms with Crippen molar-refractivity contribution in [2.75, 3.05) is 5.32 Å². The SMILES string of the molecule is CC(OC(=O)c1ccc(NC(=O)CC#N)cc1)C(=O)NC1CCCc2ccccc21. The molecule has 0 aromatic heterocycles. The number of anilines is 1. The Labute approximate surface area is 175 Å². The van der Waals surface area contributed by atoms with Gasteiger partial charge in [-0.05, 0) is 61.6 Å². The van der Waals surface area contributed by atoms with Gasteiger partial charge in [0, 0.05) is 5.69 Å². The number of esters is 1. The third-order valence-corrected chi connectivity index (χ3v) is 4.98. The Kier molecular flexibility index (Phi) is 6.81. The number of nitrogens with one attached hydrogen (secondary N) is 2. The molecule has 7 nitrogen and oxygen atoms in total. The van der Waals surface area contributed by atoms with E-state index in [1.54, 1.807) is 13.0 Å². The Morgan fingerprint density at radius 1 is 1.17 bits per heavy atom. The Balaban J connectivity index is 1.56. The maximum Gasteiger partial charge on any atom is 0.338 e. The summed E-state index contributed by atoms with van der Waals surface area (Å²) in [5.41, 5.74) is 3.08. The first kappa shape index (κ1) is 21.1. The van der Waals surface area contributed by atoms with Crippen LogP contribution >= 0.6 is 0 Å². The second kappa shape index (κ2) is 9.70. The summed E-state index contributed by atoms with van der Waals surface area (Å²) in [7, 11) is 0. The van der Waals surface area contributed by atoms with Crippen molar-refractivity contribution in [3.63, 3.8) is 0 Å². The normalized spacial score (nSPS) is 15.8. The zero-order valence-corrected chi connectivity index (χ0v) is 16.7. The number of nitriles is 1. The van der Waals surface area contributed by atoms with Crippen LogP contribution in [0.3, 0.4) is 0 Å². The van der Waals surface area contributed by atoms with Crippen LogP contribution < -0.4 is 10.6 Å². The molecule has 0 saturated heterocycles. The summed E-state index contributed by atoms with van der Waals surface area (Å²) in [6, 6.07) is 15.8. The highest BCUT2D eigenvalue weighted by Gasteiger charge is 2.25. The molecule has 3 rings (SSSR count). The lowest BCUT2D eigenvalue weighted by atomic mass is 9.87. The maximum atomic E-state index is 12.6. The first-order valence-corrected chi connectivity index (χ1v) is 9.84. The van der Waals surface area contributed by atoms with Gasteiger partial charge in [-0.3, -0.25) is 9.59 Å². The van der Waals surface area contributed by atoms with Gasteiger partial charge in [-0.25, -0.2) is 4.79 Å². The second-order valence-corrected chi connectivity index (χ2v) is 7.16. The third-order valence-electron chi connectivity index (χ3n) is 4.98. The molecule has 0 spiro atoms. The summed E-state index contributed by atoms with van der Waals surface area (Å²) >= 11 is 0. The summed E-state index contributed by atoms with van der Waals surface area (Å²) in [6.07, 6.45) is 1.65. The number of carbonyl (C=O) groups is 3. The molecule has 7 heteroatoms. The van der Waals surface area contributed by atoms with Crippen molar-refractivity contribution in [1.82, 2.24) is 5.32 Å². The Morgan fingerprint density at radius 2 is 1.90 bits per heavy atom. The van der Waals surface area contributed by atoms with Crippen molar-refractivity contribution in [2.45, 2.75) is 44.8 Å². The lowest BCUT2D eigenvalue weighted by Gasteiger charge is -2.27. The van der Waals surface area contributed by atoms with Gasteiger partial charge in [0.2, 0.25) is 5.91 Å². The van der Waals surface area contributed by atoms with Crippen LogP contribution in [0.15, 0.2) is 48.5 Å². The predicted octanol–water partition coefficient (Wildman–Crippen LogP) is 3.28. The molecule has 2 aromatic rings. The number of carbonyl (C=O) groups excluding carboxylic acids is 3. The number of ether oxygens (including phenoxy) is 1. The molecule has 2 amide bonds. The highest BCUT2D eigenvalue weighted by atomic mass is 16.5. The molecular weight excluding hydrogens is 382 g/mol. The monoisotopic (exact) mass is 405 g/mol. The van der Waals surface area contributed by atoms with Crippen LogP contribution in [0.25, 0.3) is 0 Å². The largest absolute Gasteiger partial charge is 0.449 e. The minimum Gasteiger partial charge on any atom is -0.449 e. The van der Waals surface area contributed by atoms with Crippen LogP contribution in [0.1, 0.15) is 53.7 Å². The summed E-state index contributed by atoms with van der Waals surface area (Å²) in [4.78, 5) is 36.3. The van der Waals surface area contributed by atoms with E-state index in [4.69, 9.17) is 10.00 Å². The first-order valence-electron chi connectivity index (χ1n) is 9.84. The van der Waals surface area contributed by atoms with Gasteiger partial charge >= 0.3 is 5.97 Å².